The molecule has 2 heterocycles. The van der Waals surface area contributed by atoms with Gasteiger partial charge in [0.25, 0.3) is 5.56 Å². The largest absolute Gasteiger partial charge is 0.394 e. The van der Waals surface area contributed by atoms with Crippen LogP contribution < -0.4 is 11.3 Å². The van der Waals surface area contributed by atoms with Crippen LogP contribution in [0, 0.1) is 10.1 Å². The molecule has 1 fully saturated rings. The van der Waals surface area contributed by atoms with Crippen molar-refractivity contribution in [3.05, 3.63) is 32.1 Å². The maximum Gasteiger partial charge on any atom is 0.309 e. The third-order valence-electron chi connectivity index (χ3n) is 3.12. The molecule has 0 spiro atoms. The van der Waals surface area contributed by atoms with Gasteiger partial charge in [-0.3, -0.25) is 14.9 Å². The predicted octanol–water partition coefficient (Wildman–Crippen LogP) is -1.98. The first kappa shape index (κ1) is 14.4. The lowest BCUT2D eigenvalue weighted by Crippen LogP contribution is -2.33. The third-order valence-corrected chi connectivity index (χ3v) is 3.12. The van der Waals surface area contributed by atoms with Crippen molar-refractivity contribution in [2.75, 3.05) is 12.3 Å². The maximum atomic E-state index is 11.8. The van der Waals surface area contributed by atoms with Gasteiger partial charge in [0.2, 0.25) is 0 Å². The Morgan fingerprint density at radius 1 is 1.45 bits per heavy atom. The summed E-state index contributed by atoms with van der Waals surface area (Å²) in [5.41, 5.74) is 3.75. The maximum absolute atomic E-state index is 11.8. The van der Waals surface area contributed by atoms with Crippen molar-refractivity contribution in [1.82, 2.24) is 4.98 Å². The number of aromatic amines is 1. The lowest BCUT2D eigenvalue weighted by Gasteiger charge is -2.14. The van der Waals surface area contributed by atoms with E-state index in [9.17, 15) is 25.1 Å². The molecule has 0 amide bonds. The van der Waals surface area contributed by atoms with Crippen LogP contribution in [0.3, 0.4) is 0 Å². The van der Waals surface area contributed by atoms with Gasteiger partial charge in [0, 0.05) is 6.07 Å². The van der Waals surface area contributed by atoms with Gasteiger partial charge in [-0.25, -0.2) is 0 Å². The summed E-state index contributed by atoms with van der Waals surface area (Å²) in [6, 6.07) is 0.883. The molecular weight excluding hydrogens is 274 g/mol. The van der Waals surface area contributed by atoms with Crippen LogP contribution in [-0.2, 0) is 4.74 Å². The molecule has 0 bridgehead atoms. The predicted molar refractivity (Wildman–Crippen MR) is 64.8 cm³/mol. The number of ether oxygens (including phenoxy) is 1. The van der Waals surface area contributed by atoms with E-state index in [2.05, 4.69) is 4.98 Å². The number of anilines is 1. The van der Waals surface area contributed by atoms with Gasteiger partial charge < -0.3 is 30.8 Å². The molecule has 4 atom stereocenters. The van der Waals surface area contributed by atoms with Crippen molar-refractivity contribution in [3.63, 3.8) is 0 Å². The van der Waals surface area contributed by atoms with Crippen LogP contribution in [-0.4, -0.2) is 50.1 Å². The Bertz CT molecular complexity index is 587. The van der Waals surface area contributed by atoms with E-state index in [4.69, 9.17) is 15.6 Å². The molecule has 1 saturated heterocycles. The highest BCUT2D eigenvalue weighted by Crippen LogP contribution is 2.33. The SMILES string of the molecule is Nc1[nH]c(=O)c([C@@H]2O[C@H](CO)[C@@H](O)[C@H]2O)cc1[N+](=O)[O-]. The molecule has 1 aliphatic heterocycles. The Hall–Kier alpha value is -2.01. The molecule has 1 aliphatic rings. The normalized spacial score (nSPS) is 29.6. The zero-order valence-electron chi connectivity index (χ0n) is 10.1. The molecule has 0 saturated carbocycles. The summed E-state index contributed by atoms with van der Waals surface area (Å²) in [6.45, 7) is -0.566. The number of rotatable bonds is 3. The van der Waals surface area contributed by atoms with E-state index in [1.165, 1.54) is 0 Å². The summed E-state index contributed by atoms with van der Waals surface area (Å²) in [7, 11) is 0. The van der Waals surface area contributed by atoms with Crippen LogP contribution in [0.25, 0.3) is 0 Å². The van der Waals surface area contributed by atoms with Crippen molar-refractivity contribution < 1.29 is 25.0 Å². The molecule has 110 valence electrons. The first-order valence-electron chi connectivity index (χ1n) is 5.66. The Morgan fingerprint density at radius 3 is 2.60 bits per heavy atom. The van der Waals surface area contributed by atoms with Crippen molar-refractivity contribution >= 4 is 11.5 Å². The van der Waals surface area contributed by atoms with Crippen LogP contribution in [0.2, 0.25) is 0 Å². The number of nitrogens with two attached hydrogens (primary N) is 1. The Labute approximate surface area is 111 Å². The van der Waals surface area contributed by atoms with Crippen molar-refractivity contribution in [3.8, 4) is 0 Å². The van der Waals surface area contributed by atoms with Crippen LogP contribution in [0.15, 0.2) is 10.9 Å². The molecular formula is C10H13N3O7. The fourth-order valence-corrected chi connectivity index (χ4v) is 2.07. The quantitative estimate of drug-likeness (QED) is 0.314. The molecule has 1 aromatic rings. The molecule has 0 aromatic carbocycles. The highest BCUT2D eigenvalue weighted by molar-refractivity contribution is 5.53. The summed E-state index contributed by atoms with van der Waals surface area (Å²) in [5.74, 6) is -0.421. The molecule has 20 heavy (non-hydrogen) atoms. The second-order valence-corrected chi connectivity index (χ2v) is 4.37. The van der Waals surface area contributed by atoms with Crippen LogP contribution >= 0.6 is 0 Å². The molecule has 0 radical (unpaired) electrons. The number of nitro groups is 1. The van der Waals surface area contributed by atoms with E-state index in [-0.39, 0.29) is 5.56 Å². The van der Waals surface area contributed by atoms with Crippen LogP contribution in [0.5, 0.6) is 0 Å². The highest BCUT2D eigenvalue weighted by atomic mass is 16.6. The minimum absolute atomic E-state index is 0.242. The van der Waals surface area contributed by atoms with Gasteiger partial charge in [-0.2, -0.15) is 0 Å². The number of aliphatic hydroxyl groups excluding tert-OH is 3. The third kappa shape index (κ3) is 2.25. The fraction of sp³-hybridized carbons (Fsp3) is 0.500. The summed E-state index contributed by atoms with van der Waals surface area (Å²) >= 11 is 0. The molecule has 1 aromatic heterocycles. The lowest BCUT2D eigenvalue weighted by molar-refractivity contribution is -0.384. The summed E-state index contributed by atoms with van der Waals surface area (Å²) in [4.78, 5) is 23.8. The van der Waals surface area contributed by atoms with Crippen LogP contribution in [0.1, 0.15) is 11.7 Å². The van der Waals surface area contributed by atoms with E-state index in [0.29, 0.717) is 0 Å². The van der Waals surface area contributed by atoms with Crippen molar-refractivity contribution in [2.45, 2.75) is 24.4 Å². The number of H-pyrrole nitrogens is 1. The average molecular weight is 287 g/mol. The number of nitrogens with one attached hydrogen (secondary N) is 1. The van der Waals surface area contributed by atoms with Gasteiger partial charge in [-0.05, 0) is 0 Å². The number of nitrogen functional groups attached to an aromatic ring is 1. The standard InChI is InChI=1S/C10H13N3O7/c11-9-4(13(18)19)1-3(10(17)12-9)8-7(16)6(15)5(2-14)20-8/h1,5-8,14-16H,2H2,(H3,11,12,17)/t5-,6-,7-,8+/m1/s1. The molecule has 2 rings (SSSR count). The van der Waals surface area contributed by atoms with Gasteiger partial charge in [0.15, 0.2) is 5.82 Å². The van der Waals surface area contributed by atoms with E-state index in [1.54, 1.807) is 0 Å². The minimum atomic E-state index is -1.49. The number of aromatic nitrogens is 1. The molecule has 6 N–H and O–H groups in total. The van der Waals surface area contributed by atoms with Gasteiger partial charge in [0.05, 0.1) is 17.1 Å². The number of hydrogen-bond donors (Lipinski definition) is 5. The zero-order chi connectivity index (χ0) is 15.0. The van der Waals surface area contributed by atoms with Gasteiger partial charge in [-0.1, -0.05) is 0 Å². The van der Waals surface area contributed by atoms with Crippen LogP contribution in [0.4, 0.5) is 11.5 Å². The summed E-state index contributed by atoms with van der Waals surface area (Å²) in [5, 5.41) is 39.1. The molecule has 10 heteroatoms. The second kappa shape index (κ2) is 5.17. The summed E-state index contributed by atoms with van der Waals surface area (Å²) < 4.78 is 5.14. The first-order valence-corrected chi connectivity index (χ1v) is 5.66. The monoisotopic (exact) mass is 287 g/mol. The molecule has 10 nitrogen and oxygen atoms in total. The summed E-state index contributed by atoms with van der Waals surface area (Å²) in [6.07, 6.45) is -5.26. The smallest absolute Gasteiger partial charge is 0.309 e. The number of nitrogens with zero attached hydrogens (tertiary/aromatic N) is 1. The Balaban J connectivity index is 2.46. The molecule has 0 unspecified atom stereocenters. The number of pyridine rings is 1. The van der Waals surface area contributed by atoms with Crippen molar-refractivity contribution in [1.29, 1.82) is 0 Å². The van der Waals surface area contributed by atoms with E-state index in [1.807, 2.05) is 0 Å². The lowest BCUT2D eigenvalue weighted by atomic mass is 10.0. The van der Waals surface area contributed by atoms with Gasteiger partial charge in [-0.15, -0.1) is 0 Å². The van der Waals surface area contributed by atoms with Crippen molar-refractivity contribution in [2.24, 2.45) is 0 Å². The second-order valence-electron chi connectivity index (χ2n) is 4.37. The van der Waals surface area contributed by atoms with Gasteiger partial charge >= 0.3 is 5.69 Å². The van der Waals surface area contributed by atoms with Gasteiger partial charge in [0.1, 0.15) is 24.4 Å². The average Bonchev–Trinajstić information content (AvgIpc) is 2.66. The Morgan fingerprint density at radius 2 is 2.10 bits per heavy atom. The minimum Gasteiger partial charge on any atom is -0.394 e. The Kier molecular flexibility index (Phi) is 3.72. The first-order chi connectivity index (χ1) is 9.36. The molecule has 0 aliphatic carbocycles. The highest BCUT2D eigenvalue weighted by Gasteiger charge is 2.44. The topological polar surface area (TPSA) is 172 Å². The zero-order valence-corrected chi connectivity index (χ0v) is 10.1. The van der Waals surface area contributed by atoms with E-state index >= 15 is 0 Å². The number of hydrogen-bond acceptors (Lipinski definition) is 8. The number of aliphatic hydroxyl groups is 3. The van der Waals surface area contributed by atoms with E-state index in [0.717, 1.165) is 6.07 Å². The fourth-order valence-electron chi connectivity index (χ4n) is 2.07. The van der Waals surface area contributed by atoms with E-state index < -0.39 is 53.0 Å².